The van der Waals surface area contributed by atoms with E-state index in [0.29, 0.717) is 4.90 Å². The average Bonchev–Trinajstić information content (AvgIpc) is 2.40. The molecule has 0 aliphatic carbocycles. The fraction of sp³-hybridized carbons (Fsp3) is 0.571. The van der Waals surface area contributed by atoms with Crippen molar-refractivity contribution in [2.45, 2.75) is 31.1 Å². The van der Waals surface area contributed by atoms with E-state index in [1.54, 1.807) is 19.1 Å². The van der Waals surface area contributed by atoms with Gasteiger partial charge in [0.25, 0.3) is 0 Å². The van der Waals surface area contributed by atoms with Crippen LogP contribution in [0.3, 0.4) is 0 Å². The maximum absolute atomic E-state index is 11.7. The molecule has 0 spiro atoms. The number of rotatable bonds is 4. The van der Waals surface area contributed by atoms with Crippen molar-refractivity contribution in [1.29, 1.82) is 0 Å². The van der Waals surface area contributed by atoms with Crippen LogP contribution in [-0.2, 0) is 16.3 Å². The van der Waals surface area contributed by atoms with Gasteiger partial charge in [-0.25, -0.2) is 8.42 Å². The number of sulfone groups is 1. The highest BCUT2D eigenvalue weighted by Crippen LogP contribution is 2.19. The van der Waals surface area contributed by atoms with Gasteiger partial charge in [-0.1, -0.05) is 19.1 Å². The predicted molar refractivity (Wildman–Crippen MR) is 80.7 cm³/mol. The minimum Gasteiger partial charge on any atom is -0.317 e. The third kappa shape index (κ3) is 4.48. The largest absolute Gasteiger partial charge is 0.317 e. The molecule has 0 unspecified atom stereocenters. The summed E-state index contributed by atoms with van der Waals surface area (Å²) < 4.78 is 23.4. The quantitative estimate of drug-likeness (QED) is 0.929. The Bertz CT molecular complexity index is 479. The van der Waals surface area contributed by atoms with Gasteiger partial charge in [0.2, 0.25) is 0 Å². The van der Waals surface area contributed by atoms with E-state index in [9.17, 15) is 8.42 Å². The zero-order chi connectivity index (χ0) is 13.0. The molecule has 1 aromatic rings. The molecule has 19 heavy (non-hydrogen) atoms. The Morgan fingerprint density at radius 1 is 1.16 bits per heavy atom. The van der Waals surface area contributed by atoms with E-state index < -0.39 is 9.84 Å². The van der Waals surface area contributed by atoms with Crippen molar-refractivity contribution in [3.05, 3.63) is 29.8 Å². The summed E-state index contributed by atoms with van der Waals surface area (Å²) >= 11 is 0. The van der Waals surface area contributed by atoms with Crippen LogP contribution in [0.15, 0.2) is 29.2 Å². The van der Waals surface area contributed by atoms with Crippen molar-refractivity contribution in [1.82, 2.24) is 5.32 Å². The minimum absolute atomic E-state index is 0. The fourth-order valence-electron chi connectivity index (χ4n) is 2.42. The van der Waals surface area contributed by atoms with Crippen LogP contribution in [0, 0.1) is 5.92 Å². The van der Waals surface area contributed by atoms with Crippen LogP contribution in [0.5, 0.6) is 0 Å². The Kier molecular flexibility index (Phi) is 6.30. The monoisotopic (exact) mass is 303 g/mol. The highest BCUT2D eigenvalue weighted by molar-refractivity contribution is 7.91. The van der Waals surface area contributed by atoms with Crippen LogP contribution < -0.4 is 5.32 Å². The SMILES string of the molecule is CCS(=O)(=O)c1ccc(CC2CCNCC2)cc1.Cl. The summed E-state index contributed by atoms with van der Waals surface area (Å²) in [6.45, 7) is 3.89. The lowest BCUT2D eigenvalue weighted by Crippen LogP contribution is -2.28. The molecule has 3 nitrogen and oxygen atoms in total. The van der Waals surface area contributed by atoms with E-state index in [1.807, 2.05) is 12.1 Å². The molecule has 1 aliphatic rings. The third-order valence-corrected chi connectivity index (χ3v) is 5.40. The molecule has 0 radical (unpaired) electrons. The maximum Gasteiger partial charge on any atom is 0.178 e. The number of nitrogens with one attached hydrogen (secondary N) is 1. The third-order valence-electron chi connectivity index (χ3n) is 3.65. The van der Waals surface area contributed by atoms with Crippen LogP contribution in [0.2, 0.25) is 0 Å². The molecule has 1 saturated heterocycles. The number of hydrogen-bond donors (Lipinski definition) is 1. The molecule has 0 aromatic heterocycles. The molecule has 1 fully saturated rings. The van der Waals surface area contributed by atoms with Crippen molar-refractivity contribution in [2.24, 2.45) is 5.92 Å². The highest BCUT2D eigenvalue weighted by Gasteiger charge is 2.15. The molecule has 1 aliphatic heterocycles. The Balaban J connectivity index is 0.00000180. The maximum atomic E-state index is 11.7. The van der Waals surface area contributed by atoms with Gasteiger partial charge in [-0.3, -0.25) is 0 Å². The first-order valence-electron chi connectivity index (χ1n) is 6.64. The first-order valence-corrected chi connectivity index (χ1v) is 8.29. The first kappa shape index (κ1) is 16.5. The Morgan fingerprint density at radius 3 is 2.26 bits per heavy atom. The summed E-state index contributed by atoms with van der Waals surface area (Å²) in [7, 11) is -3.06. The molecule has 0 atom stereocenters. The van der Waals surface area contributed by atoms with Crippen molar-refractivity contribution >= 4 is 22.2 Å². The summed E-state index contributed by atoms with van der Waals surface area (Å²) in [6.07, 6.45) is 3.50. The molecule has 1 heterocycles. The van der Waals surface area contributed by atoms with E-state index >= 15 is 0 Å². The number of halogens is 1. The summed E-state index contributed by atoms with van der Waals surface area (Å²) in [6, 6.07) is 7.42. The smallest absolute Gasteiger partial charge is 0.178 e. The number of piperidine rings is 1. The van der Waals surface area contributed by atoms with Crippen LogP contribution >= 0.6 is 12.4 Å². The second-order valence-electron chi connectivity index (χ2n) is 4.94. The molecule has 1 aromatic carbocycles. The van der Waals surface area contributed by atoms with Crippen molar-refractivity contribution in [2.75, 3.05) is 18.8 Å². The zero-order valence-electron chi connectivity index (χ0n) is 11.3. The Hall–Kier alpha value is -0.580. The normalized spacial score (nSPS) is 16.9. The first-order chi connectivity index (χ1) is 8.62. The van der Waals surface area contributed by atoms with E-state index in [-0.39, 0.29) is 18.2 Å². The summed E-state index contributed by atoms with van der Waals surface area (Å²) in [4.78, 5) is 0.444. The van der Waals surface area contributed by atoms with Crippen LogP contribution in [0.4, 0.5) is 0 Å². The Labute approximate surface area is 122 Å². The minimum atomic E-state index is -3.06. The average molecular weight is 304 g/mol. The number of hydrogen-bond acceptors (Lipinski definition) is 3. The van der Waals surface area contributed by atoms with Gasteiger partial charge in [-0.15, -0.1) is 12.4 Å². The van der Waals surface area contributed by atoms with Crippen molar-refractivity contribution in [3.8, 4) is 0 Å². The van der Waals surface area contributed by atoms with Gasteiger partial charge in [0.1, 0.15) is 0 Å². The molecule has 0 bridgehead atoms. The van der Waals surface area contributed by atoms with Gasteiger partial charge in [-0.05, 0) is 56.0 Å². The van der Waals surface area contributed by atoms with E-state index in [0.717, 1.165) is 25.4 Å². The second kappa shape index (κ2) is 7.27. The lowest BCUT2D eigenvalue weighted by Gasteiger charge is -2.22. The van der Waals surface area contributed by atoms with Gasteiger partial charge in [0.15, 0.2) is 9.84 Å². The van der Waals surface area contributed by atoms with E-state index in [2.05, 4.69) is 5.32 Å². The second-order valence-corrected chi connectivity index (χ2v) is 7.22. The lowest BCUT2D eigenvalue weighted by atomic mass is 9.91. The van der Waals surface area contributed by atoms with Crippen LogP contribution in [0.1, 0.15) is 25.3 Å². The summed E-state index contributed by atoms with van der Waals surface area (Å²) in [5.41, 5.74) is 1.25. The van der Waals surface area contributed by atoms with Crippen LogP contribution in [-0.4, -0.2) is 27.3 Å². The molecular weight excluding hydrogens is 282 g/mol. The molecule has 0 amide bonds. The molecule has 5 heteroatoms. The van der Waals surface area contributed by atoms with E-state index in [4.69, 9.17) is 0 Å². The molecule has 2 rings (SSSR count). The van der Waals surface area contributed by atoms with E-state index in [1.165, 1.54) is 18.4 Å². The van der Waals surface area contributed by atoms with Crippen molar-refractivity contribution < 1.29 is 8.42 Å². The van der Waals surface area contributed by atoms with Gasteiger partial charge >= 0.3 is 0 Å². The van der Waals surface area contributed by atoms with Crippen molar-refractivity contribution in [3.63, 3.8) is 0 Å². The number of benzene rings is 1. The summed E-state index contributed by atoms with van der Waals surface area (Å²) in [5, 5.41) is 3.36. The van der Waals surface area contributed by atoms with Crippen LogP contribution in [0.25, 0.3) is 0 Å². The highest BCUT2D eigenvalue weighted by atomic mass is 35.5. The summed E-state index contributed by atoms with van der Waals surface area (Å²) in [5.74, 6) is 0.903. The predicted octanol–water partition coefficient (Wildman–Crippen LogP) is 2.44. The standard InChI is InChI=1S/C14H21NO2S.ClH/c1-2-18(16,17)14-5-3-12(4-6-14)11-13-7-9-15-10-8-13;/h3-6,13,15H,2,7-11H2,1H3;1H. The van der Waals surface area contributed by atoms with Gasteiger partial charge in [-0.2, -0.15) is 0 Å². The molecule has 1 N–H and O–H groups in total. The molecule has 108 valence electrons. The molecule has 0 saturated carbocycles. The molecular formula is C14H22ClNO2S. The lowest BCUT2D eigenvalue weighted by molar-refractivity contribution is 0.372. The van der Waals surface area contributed by atoms with Gasteiger partial charge in [0.05, 0.1) is 10.6 Å². The Morgan fingerprint density at radius 2 is 1.74 bits per heavy atom. The van der Waals surface area contributed by atoms with Gasteiger partial charge < -0.3 is 5.32 Å². The zero-order valence-corrected chi connectivity index (χ0v) is 12.9. The fourth-order valence-corrected chi connectivity index (χ4v) is 3.30. The van der Waals surface area contributed by atoms with Gasteiger partial charge in [0, 0.05) is 0 Å². The topological polar surface area (TPSA) is 46.2 Å².